The Morgan fingerprint density at radius 2 is 2.05 bits per heavy atom. The van der Waals surface area contributed by atoms with E-state index in [1.54, 1.807) is 0 Å². The van der Waals surface area contributed by atoms with Gasteiger partial charge in [-0.25, -0.2) is 4.98 Å². The number of aliphatic carboxylic acids is 1. The van der Waals surface area contributed by atoms with E-state index in [0.29, 0.717) is 22.9 Å². The Morgan fingerprint density at radius 1 is 1.30 bits per heavy atom. The molecule has 0 atom stereocenters. The zero-order chi connectivity index (χ0) is 14.1. The molecule has 2 aromatic heterocycles. The van der Waals surface area contributed by atoms with Gasteiger partial charge in [0.05, 0.1) is 0 Å². The standard InChI is InChI=1S/C11H15N7O2/c12-9-8-10(15-6(14-8)5-7(19)20)17-11(16-9)18-3-1-13-2-4-18/h13H,1-5H2,(H,19,20)(H3,12,14,15,16,17). The number of fused-ring (bicyclic) bond motifs is 1. The van der Waals surface area contributed by atoms with Crippen molar-refractivity contribution in [1.82, 2.24) is 25.3 Å². The third-order valence-electron chi connectivity index (χ3n) is 3.13. The van der Waals surface area contributed by atoms with Crippen LogP contribution in [0.1, 0.15) is 5.82 Å². The van der Waals surface area contributed by atoms with E-state index < -0.39 is 5.97 Å². The molecule has 9 heteroatoms. The molecule has 9 nitrogen and oxygen atoms in total. The Morgan fingerprint density at radius 3 is 2.75 bits per heavy atom. The van der Waals surface area contributed by atoms with Gasteiger partial charge in [0.1, 0.15) is 12.2 Å². The number of anilines is 2. The summed E-state index contributed by atoms with van der Waals surface area (Å²) in [6.45, 7) is 3.35. The second-order valence-electron chi connectivity index (χ2n) is 4.60. The van der Waals surface area contributed by atoms with Crippen LogP contribution in [0.3, 0.4) is 0 Å². The topological polar surface area (TPSA) is 133 Å². The number of carboxylic acids is 1. The van der Waals surface area contributed by atoms with Crippen molar-refractivity contribution in [2.75, 3.05) is 36.8 Å². The van der Waals surface area contributed by atoms with Gasteiger partial charge in [-0.1, -0.05) is 0 Å². The average Bonchev–Trinajstić information content (AvgIpc) is 2.82. The molecule has 0 saturated carbocycles. The number of piperazine rings is 1. The van der Waals surface area contributed by atoms with Crippen molar-refractivity contribution in [3.63, 3.8) is 0 Å². The summed E-state index contributed by atoms with van der Waals surface area (Å²) in [5.74, 6) is 0.169. The molecule has 3 rings (SSSR count). The van der Waals surface area contributed by atoms with Crippen LogP contribution >= 0.6 is 0 Å². The smallest absolute Gasteiger partial charge is 0.311 e. The molecule has 0 aliphatic carbocycles. The fraction of sp³-hybridized carbons (Fsp3) is 0.455. The van der Waals surface area contributed by atoms with Crippen LogP contribution in [0.4, 0.5) is 11.8 Å². The summed E-state index contributed by atoms with van der Waals surface area (Å²) in [6.07, 6.45) is -0.196. The molecule has 0 bridgehead atoms. The first-order valence-electron chi connectivity index (χ1n) is 6.33. The fourth-order valence-corrected chi connectivity index (χ4v) is 2.19. The first kappa shape index (κ1) is 12.6. The number of nitrogens with one attached hydrogen (secondary N) is 2. The van der Waals surface area contributed by atoms with Gasteiger partial charge in [0, 0.05) is 26.2 Å². The van der Waals surface area contributed by atoms with Crippen LogP contribution in [-0.2, 0) is 11.2 Å². The minimum atomic E-state index is -0.960. The molecule has 20 heavy (non-hydrogen) atoms. The number of carbonyl (C=O) groups is 1. The first-order valence-corrected chi connectivity index (χ1v) is 6.33. The van der Waals surface area contributed by atoms with E-state index in [4.69, 9.17) is 10.8 Å². The van der Waals surface area contributed by atoms with E-state index in [-0.39, 0.29) is 12.2 Å². The number of rotatable bonds is 3. The van der Waals surface area contributed by atoms with Gasteiger partial charge in [0.15, 0.2) is 17.0 Å². The zero-order valence-corrected chi connectivity index (χ0v) is 10.8. The molecule has 2 aromatic rings. The quantitative estimate of drug-likeness (QED) is 0.560. The highest BCUT2D eigenvalue weighted by Crippen LogP contribution is 2.19. The Hall–Kier alpha value is -2.42. The lowest BCUT2D eigenvalue weighted by molar-refractivity contribution is -0.136. The molecular formula is C11H15N7O2. The average molecular weight is 277 g/mol. The second-order valence-corrected chi connectivity index (χ2v) is 4.60. The molecule has 106 valence electrons. The van der Waals surface area contributed by atoms with Crippen LogP contribution in [0.15, 0.2) is 0 Å². The second kappa shape index (κ2) is 4.93. The number of imidazole rings is 1. The summed E-state index contributed by atoms with van der Waals surface area (Å²) in [6, 6.07) is 0. The molecule has 0 spiro atoms. The van der Waals surface area contributed by atoms with Crippen molar-refractivity contribution in [3.05, 3.63) is 5.82 Å². The van der Waals surface area contributed by atoms with Crippen molar-refractivity contribution < 1.29 is 9.90 Å². The molecule has 1 aliphatic heterocycles. The minimum absolute atomic E-state index is 0.196. The summed E-state index contributed by atoms with van der Waals surface area (Å²) in [5.41, 5.74) is 6.78. The number of aromatic amines is 1. The van der Waals surface area contributed by atoms with E-state index in [1.807, 2.05) is 4.90 Å². The normalized spacial score (nSPS) is 15.7. The minimum Gasteiger partial charge on any atom is -0.481 e. The highest BCUT2D eigenvalue weighted by molar-refractivity contribution is 5.83. The maximum atomic E-state index is 10.7. The SMILES string of the molecule is Nc1nc(N2CCNCC2)nc2[nH]c(CC(=O)O)nc12. The number of carboxylic acid groups (broad SMARTS) is 1. The van der Waals surface area contributed by atoms with Gasteiger partial charge in [0.25, 0.3) is 0 Å². The van der Waals surface area contributed by atoms with Crippen LogP contribution in [0, 0.1) is 0 Å². The number of aromatic nitrogens is 4. The molecule has 3 heterocycles. The summed E-state index contributed by atoms with van der Waals surface area (Å²) in [7, 11) is 0. The molecule has 1 fully saturated rings. The number of hydrogen-bond acceptors (Lipinski definition) is 7. The van der Waals surface area contributed by atoms with Gasteiger partial charge in [-0.2, -0.15) is 9.97 Å². The van der Waals surface area contributed by atoms with Gasteiger partial charge in [-0.3, -0.25) is 4.79 Å². The number of nitrogen functional groups attached to an aromatic ring is 1. The van der Waals surface area contributed by atoms with Gasteiger partial charge in [-0.15, -0.1) is 0 Å². The van der Waals surface area contributed by atoms with Crippen LogP contribution in [0.2, 0.25) is 0 Å². The largest absolute Gasteiger partial charge is 0.481 e. The van der Waals surface area contributed by atoms with Gasteiger partial charge in [0.2, 0.25) is 5.95 Å². The molecule has 5 N–H and O–H groups in total. The Kier molecular flexibility index (Phi) is 3.11. The molecule has 0 unspecified atom stereocenters. The van der Waals surface area contributed by atoms with Crippen LogP contribution in [0.25, 0.3) is 11.2 Å². The lowest BCUT2D eigenvalue weighted by Crippen LogP contribution is -2.44. The summed E-state index contributed by atoms with van der Waals surface area (Å²) in [5, 5.41) is 12.0. The number of H-pyrrole nitrogens is 1. The molecule has 1 aliphatic rings. The predicted octanol–water partition coefficient (Wildman–Crippen LogP) is -1.03. The first-order chi connectivity index (χ1) is 9.63. The van der Waals surface area contributed by atoms with Crippen LogP contribution in [-0.4, -0.2) is 57.2 Å². The van der Waals surface area contributed by atoms with E-state index in [9.17, 15) is 4.79 Å². The predicted molar refractivity (Wildman–Crippen MR) is 72.5 cm³/mol. The Balaban J connectivity index is 1.97. The van der Waals surface area contributed by atoms with Gasteiger partial charge < -0.3 is 26.0 Å². The maximum absolute atomic E-state index is 10.7. The fourth-order valence-electron chi connectivity index (χ4n) is 2.19. The van der Waals surface area contributed by atoms with Crippen molar-refractivity contribution in [2.45, 2.75) is 6.42 Å². The third-order valence-corrected chi connectivity index (χ3v) is 3.13. The molecule has 0 aromatic carbocycles. The lowest BCUT2D eigenvalue weighted by atomic mass is 10.4. The highest BCUT2D eigenvalue weighted by atomic mass is 16.4. The Labute approximate surface area is 114 Å². The van der Waals surface area contributed by atoms with Gasteiger partial charge >= 0.3 is 5.97 Å². The highest BCUT2D eigenvalue weighted by Gasteiger charge is 2.17. The molecule has 1 saturated heterocycles. The van der Waals surface area contributed by atoms with Gasteiger partial charge in [-0.05, 0) is 0 Å². The lowest BCUT2D eigenvalue weighted by Gasteiger charge is -2.27. The molecule has 0 amide bonds. The zero-order valence-electron chi connectivity index (χ0n) is 10.8. The van der Waals surface area contributed by atoms with E-state index in [2.05, 4.69) is 25.3 Å². The van der Waals surface area contributed by atoms with Crippen molar-refractivity contribution >= 4 is 28.9 Å². The van der Waals surface area contributed by atoms with Crippen LogP contribution < -0.4 is 16.0 Å². The number of nitrogens with zero attached hydrogens (tertiary/aromatic N) is 4. The van der Waals surface area contributed by atoms with E-state index >= 15 is 0 Å². The summed E-state index contributed by atoms with van der Waals surface area (Å²) >= 11 is 0. The summed E-state index contributed by atoms with van der Waals surface area (Å²) in [4.78, 5) is 28.4. The van der Waals surface area contributed by atoms with E-state index in [1.165, 1.54) is 0 Å². The molecular weight excluding hydrogens is 262 g/mol. The Bertz CT molecular complexity index is 648. The van der Waals surface area contributed by atoms with Crippen molar-refractivity contribution in [3.8, 4) is 0 Å². The van der Waals surface area contributed by atoms with Crippen LogP contribution in [0.5, 0.6) is 0 Å². The number of nitrogens with two attached hydrogens (primary N) is 1. The van der Waals surface area contributed by atoms with Crippen molar-refractivity contribution in [1.29, 1.82) is 0 Å². The summed E-state index contributed by atoms with van der Waals surface area (Å²) < 4.78 is 0. The monoisotopic (exact) mass is 277 g/mol. The maximum Gasteiger partial charge on any atom is 0.311 e. The molecule has 0 radical (unpaired) electrons. The third kappa shape index (κ3) is 2.35. The van der Waals surface area contributed by atoms with Crippen molar-refractivity contribution in [2.24, 2.45) is 0 Å². The number of hydrogen-bond donors (Lipinski definition) is 4. The van der Waals surface area contributed by atoms with E-state index in [0.717, 1.165) is 26.2 Å².